The van der Waals surface area contributed by atoms with Gasteiger partial charge in [0.05, 0.1) is 17.6 Å². The molecular weight excluding hydrogens is 300 g/mol. The fourth-order valence-electron chi connectivity index (χ4n) is 3.42. The Labute approximate surface area is 134 Å². The van der Waals surface area contributed by atoms with E-state index in [0.717, 1.165) is 17.5 Å². The Bertz CT molecular complexity index is 538. The number of nitrogens with one attached hydrogen (secondary N) is 1. The predicted octanol–water partition coefficient (Wildman–Crippen LogP) is 3.03. The molecule has 0 aromatic heterocycles. The Morgan fingerprint density at radius 1 is 1.43 bits per heavy atom. The minimum atomic E-state index is 0.0601. The first-order valence-electron chi connectivity index (χ1n) is 7.81. The van der Waals surface area contributed by atoms with Crippen LogP contribution in [0.5, 0.6) is 0 Å². The van der Waals surface area contributed by atoms with E-state index in [1.807, 2.05) is 11.8 Å². The average molecular weight is 323 g/mol. The molecule has 0 radical (unpaired) electrons. The minimum Gasteiger partial charge on any atom is -0.360 e. The van der Waals surface area contributed by atoms with E-state index in [1.54, 1.807) is 11.8 Å². The number of nitrogens with zero attached hydrogens (tertiary/aromatic N) is 3. The Balaban J connectivity index is 1.35. The van der Waals surface area contributed by atoms with Gasteiger partial charge in [-0.15, -0.1) is 0 Å². The summed E-state index contributed by atoms with van der Waals surface area (Å²) in [5, 5.41) is 8.20. The molecule has 0 bridgehead atoms. The van der Waals surface area contributed by atoms with Crippen molar-refractivity contribution in [2.45, 2.75) is 57.2 Å². The van der Waals surface area contributed by atoms with E-state index in [1.165, 1.54) is 36.5 Å². The number of amidine groups is 2. The molecule has 4 aliphatic rings. The molecule has 1 aliphatic carbocycles. The highest BCUT2D eigenvalue weighted by Crippen LogP contribution is 2.37. The Morgan fingerprint density at radius 3 is 3.14 bits per heavy atom. The van der Waals surface area contributed by atoms with Crippen LogP contribution in [0.3, 0.4) is 0 Å². The lowest BCUT2D eigenvalue weighted by molar-refractivity contribution is 0.385. The van der Waals surface area contributed by atoms with Crippen LogP contribution >= 0.6 is 23.5 Å². The third-order valence-electron chi connectivity index (χ3n) is 4.50. The summed E-state index contributed by atoms with van der Waals surface area (Å²) >= 11 is 3.62. The fraction of sp³-hybridized carbons (Fsp3) is 0.733. The number of hydrogen-bond acceptors (Lipinski definition) is 6. The van der Waals surface area contributed by atoms with Gasteiger partial charge in [-0.25, -0.2) is 0 Å². The number of fused-ring (bicyclic) bond motifs is 2. The van der Waals surface area contributed by atoms with Crippen LogP contribution in [0, 0.1) is 0 Å². The zero-order chi connectivity index (χ0) is 14.4. The quantitative estimate of drug-likeness (QED) is 0.848. The molecule has 3 heterocycles. The third kappa shape index (κ3) is 2.72. The summed E-state index contributed by atoms with van der Waals surface area (Å²) in [6, 6.07) is 1.15. The molecule has 6 heteroatoms. The molecule has 114 valence electrons. The Morgan fingerprint density at radius 2 is 2.29 bits per heavy atom. The molecule has 0 aromatic rings. The van der Waals surface area contributed by atoms with Crippen LogP contribution in [0.1, 0.15) is 39.5 Å². The topological polar surface area (TPSA) is 40.0 Å². The third-order valence-corrected chi connectivity index (χ3v) is 6.35. The summed E-state index contributed by atoms with van der Waals surface area (Å²) < 4.78 is 0. The largest absolute Gasteiger partial charge is 0.360 e. The number of thioether (sulfide) groups is 2. The standard InChI is InChI=1S/C15H22N4S2/c1-15(2)9-19-10(8-21-14(19)18-15)7-20-13-16-11-5-3-4-6-12(11)17-13/h8,11-12H,3-7,9H2,1-2H3,(H,16,17)/t11-,12-/m1/s1. The van der Waals surface area contributed by atoms with Crippen LogP contribution in [-0.4, -0.2) is 45.2 Å². The number of rotatable bonds is 2. The van der Waals surface area contributed by atoms with Crippen molar-refractivity contribution in [2.75, 3.05) is 12.3 Å². The van der Waals surface area contributed by atoms with Crippen molar-refractivity contribution in [2.24, 2.45) is 9.98 Å². The average Bonchev–Trinajstić information content (AvgIpc) is 3.07. The van der Waals surface area contributed by atoms with Crippen LogP contribution in [0.2, 0.25) is 0 Å². The van der Waals surface area contributed by atoms with E-state index >= 15 is 0 Å². The van der Waals surface area contributed by atoms with Gasteiger partial charge in [-0.1, -0.05) is 36.4 Å². The van der Waals surface area contributed by atoms with Gasteiger partial charge in [0.25, 0.3) is 0 Å². The van der Waals surface area contributed by atoms with E-state index in [2.05, 4.69) is 29.5 Å². The molecule has 0 amide bonds. The van der Waals surface area contributed by atoms with Gasteiger partial charge >= 0.3 is 0 Å². The van der Waals surface area contributed by atoms with Gasteiger partial charge in [0, 0.05) is 18.0 Å². The first kappa shape index (κ1) is 14.0. The van der Waals surface area contributed by atoms with E-state index in [4.69, 9.17) is 9.98 Å². The predicted molar refractivity (Wildman–Crippen MR) is 93.0 cm³/mol. The second kappa shape index (κ2) is 5.23. The summed E-state index contributed by atoms with van der Waals surface area (Å²) in [7, 11) is 0. The summed E-state index contributed by atoms with van der Waals surface area (Å²) in [4.78, 5) is 12.0. The number of hydrogen-bond donors (Lipinski definition) is 1. The minimum absolute atomic E-state index is 0.0601. The normalized spacial score (nSPS) is 33.0. The molecule has 4 rings (SSSR count). The van der Waals surface area contributed by atoms with Crippen molar-refractivity contribution in [3.05, 3.63) is 11.1 Å². The fourth-order valence-corrected chi connectivity index (χ4v) is 5.56. The summed E-state index contributed by atoms with van der Waals surface area (Å²) in [6.07, 6.45) is 5.24. The maximum absolute atomic E-state index is 4.87. The molecule has 0 spiro atoms. The maximum Gasteiger partial charge on any atom is 0.168 e. The van der Waals surface area contributed by atoms with Gasteiger partial charge in [-0.05, 0) is 32.1 Å². The van der Waals surface area contributed by atoms with Crippen LogP contribution in [0.4, 0.5) is 0 Å². The van der Waals surface area contributed by atoms with E-state index in [9.17, 15) is 0 Å². The molecule has 1 N–H and O–H groups in total. The Hall–Kier alpha value is -0.620. The van der Waals surface area contributed by atoms with E-state index < -0.39 is 0 Å². The van der Waals surface area contributed by atoms with Crippen molar-refractivity contribution in [3.8, 4) is 0 Å². The van der Waals surface area contributed by atoms with Gasteiger partial charge in [-0.2, -0.15) is 0 Å². The van der Waals surface area contributed by atoms with E-state index in [-0.39, 0.29) is 5.54 Å². The van der Waals surface area contributed by atoms with Crippen LogP contribution in [0.15, 0.2) is 21.1 Å². The summed E-state index contributed by atoms with van der Waals surface area (Å²) in [5.41, 5.74) is 1.44. The van der Waals surface area contributed by atoms with E-state index in [0.29, 0.717) is 12.1 Å². The van der Waals surface area contributed by atoms with Crippen LogP contribution in [0.25, 0.3) is 0 Å². The van der Waals surface area contributed by atoms with Gasteiger partial charge in [0.15, 0.2) is 10.3 Å². The lowest BCUT2D eigenvalue weighted by Gasteiger charge is -2.23. The first-order valence-corrected chi connectivity index (χ1v) is 9.67. The monoisotopic (exact) mass is 322 g/mol. The molecule has 4 nitrogen and oxygen atoms in total. The molecular formula is C15H22N4S2. The molecule has 1 fully saturated rings. The number of aliphatic imine (C=N–C) groups is 2. The SMILES string of the molecule is CC1(C)CN2C(CSC3=N[C@@H]4CCCC[C@H]4N3)=CSC2=N1. The van der Waals surface area contributed by atoms with Gasteiger partial charge in [-0.3, -0.25) is 9.98 Å². The van der Waals surface area contributed by atoms with Gasteiger partial charge in [0.2, 0.25) is 0 Å². The second-order valence-electron chi connectivity index (χ2n) is 6.85. The Kier molecular flexibility index (Phi) is 3.49. The molecule has 0 saturated heterocycles. The van der Waals surface area contributed by atoms with Crippen molar-refractivity contribution in [3.63, 3.8) is 0 Å². The molecule has 0 unspecified atom stereocenters. The van der Waals surface area contributed by atoms with Crippen molar-refractivity contribution >= 4 is 33.9 Å². The zero-order valence-electron chi connectivity index (χ0n) is 12.6. The lowest BCUT2D eigenvalue weighted by Crippen LogP contribution is -2.36. The summed E-state index contributed by atoms with van der Waals surface area (Å²) in [6.45, 7) is 5.42. The second-order valence-corrected chi connectivity index (χ2v) is 8.65. The van der Waals surface area contributed by atoms with Crippen LogP contribution < -0.4 is 5.32 Å². The zero-order valence-corrected chi connectivity index (χ0v) is 14.3. The first-order chi connectivity index (χ1) is 10.1. The molecule has 3 aliphatic heterocycles. The van der Waals surface area contributed by atoms with Gasteiger partial charge in [0.1, 0.15) is 0 Å². The molecule has 21 heavy (non-hydrogen) atoms. The van der Waals surface area contributed by atoms with Crippen molar-refractivity contribution < 1.29 is 0 Å². The molecule has 2 atom stereocenters. The smallest absolute Gasteiger partial charge is 0.168 e. The highest BCUT2D eigenvalue weighted by Gasteiger charge is 2.37. The lowest BCUT2D eigenvalue weighted by atomic mass is 9.92. The van der Waals surface area contributed by atoms with Crippen LogP contribution in [-0.2, 0) is 0 Å². The maximum atomic E-state index is 4.87. The highest BCUT2D eigenvalue weighted by atomic mass is 32.2. The highest BCUT2D eigenvalue weighted by molar-refractivity contribution is 8.17. The van der Waals surface area contributed by atoms with Crippen molar-refractivity contribution in [1.82, 2.24) is 10.2 Å². The summed E-state index contributed by atoms with van der Waals surface area (Å²) in [5.74, 6) is 0.993. The molecule has 1 saturated carbocycles. The molecule has 0 aromatic carbocycles. The van der Waals surface area contributed by atoms with Gasteiger partial charge < -0.3 is 10.2 Å². The van der Waals surface area contributed by atoms with Crippen molar-refractivity contribution in [1.29, 1.82) is 0 Å².